The quantitative estimate of drug-likeness (QED) is 0.658. The third-order valence-corrected chi connectivity index (χ3v) is 6.86. The molecule has 5 rings (SSSR count). The molecular weight excluding hydrogens is 428 g/mol. The summed E-state index contributed by atoms with van der Waals surface area (Å²) in [6, 6.07) is 9.37. The Hall–Kier alpha value is -3.46. The molecule has 1 N–H and O–H groups in total. The van der Waals surface area contributed by atoms with Crippen LogP contribution in [0, 0.1) is 12.8 Å². The van der Waals surface area contributed by atoms with E-state index in [0.29, 0.717) is 36.8 Å². The molecule has 0 saturated carbocycles. The number of thiazole rings is 1. The van der Waals surface area contributed by atoms with Gasteiger partial charge in [-0.3, -0.25) is 19.7 Å². The van der Waals surface area contributed by atoms with Gasteiger partial charge in [0.1, 0.15) is 6.26 Å². The van der Waals surface area contributed by atoms with Crippen LogP contribution in [0.4, 0.5) is 10.8 Å². The summed E-state index contributed by atoms with van der Waals surface area (Å²) in [5, 5.41) is 3.30. The second kappa shape index (κ2) is 8.23. The van der Waals surface area contributed by atoms with E-state index in [0.717, 1.165) is 21.8 Å². The van der Waals surface area contributed by atoms with E-state index >= 15 is 0 Å². The number of furan rings is 1. The zero-order valence-electron chi connectivity index (χ0n) is 17.5. The van der Waals surface area contributed by atoms with Gasteiger partial charge in [-0.25, -0.2) is 4.98 Å². The number of hydrogen-bond acceptors (Lipinski definition) is 6. The lowest BCUT2D eigenvalue weighted by atomic mass is 10.1. The van der Waals surface area contributed by atoms with Crippen molar-refractivity contribution < 1.29 is 18.8 Å². The molecule has 2 aliphatic heterocycles. The number of amides is 3. The maximum absolute atomic E-state index is 13.2. The van der Waals surface area contributed by atoms with Crippen LogP contribution in [0.3, 0.4) is 0 Å². The number of fused-ring (bicyclic) bond motifs is 1. The summed E-state index contributed by atoms with van der Waals surface area (Å²) in [6.07, 6.45) is 3.68. The molecule has 2 aliphatic rings. The standard InChI is InChI=1S/C23H22N4O4S/c1-14-2-4-17(5-3-14)27-11-16(10-20(27)28)22(30)26-8-6-18-19(12-26)32-23(24-18)25-21(29)15-7-9-31-13-15/h2-5,7,9,13,16H,6,8,10-12H2,1H3,(H,24,25,29). The van der Waals surface area contributed by atoms with Crippen LogP contribution in [0.2, 0.25) is 0 Å². The molecule has 164 valence electrons. The number of hydrogen-bond donors (Lipinski definition) is 1. The van der Waals surface area contributed by atoms with Crippen LogP contribution in [0.25, 0.3) is 0 Å². The molecular formula is C23H22N4O4S. The van der Waals surface area contributed by atoms with Gasteiger partial charge in [0, 0.05) is 36.5 Å². The van der Waals surface area contributed by atoms with Crippen molar-refractivity contribution in [2.24, 2.45) is 5.92 Å². The topological polar surface area (TPSA) is 95.8 Å². The highest BCUT2D eigenvalue weighted by Gasteiger charge is 2.38. The van der Waals surface area contributed by atoms with Gasteiger partial charge in [0.05, 0.1) is 30.0 Å². The van der Waals surface area contributed by atoms with Crippen molar-refractivity contribution in [2.45, 2.75) is 26.3 Å². The van der Waals surface area contributed by atoms with Gasteiger partial charge in [-0.2, -0.15) is 0 Å². The fraction of sp³-hybridized carbons (Fsp3) is 0.304. The predicted molar refractivity (Wildman–Crippen MR) is 120 cm³/mol. The summed E-state index contributed by atoms with van der Waals surface area (Å²) < 4.78 is 4.94. The van der Waals surface area contributed by atoms with Crippen molar-refractivity contribution in [3.8, 4) is 0 Å². The average Bonchev–Trinajstić information content (AvgIpc) is 3.53. The van der Waals surface area contributed by atoms with Gasteiger partial charge < -0.3 is 14.2 Å². The Kier molecular flexibility index (Phi) is 5.26. The summed E-state index contributed by atoms with van der Waals surface area (Å²) >= 11 is 1.38. The highest BCUT2D eigenvalue weighted by Crippen LogP contribution is 2.31. The number of nitrogens with one attached hydrogen (secondary N) is 1. The first-order valence-electron chi connectivity index (χ1n) is 10.5. The molecule has 3 amide bonds. The van der Waals surface area contributed by atoms with Gasteiger partial charge in [-0.15, -0.1) is 0 Å². The fourth-order valence-electron chi connectivity index (χ4n) is 4.11. The summed E-state index contributed by atoms with van der Waals surface area (Å²) in [5.74, 6) is -0.653. The summed E-state index contributed by atoms with van der Waals surface area (Å²) in [6.45, 7) is 3.40. The molecule has 0 radical (unpaired) electrons. The maximum Gasteiger partial charge on any atom is 0.260 e. The molecule has 1 unspecified atom stereocenters. The van der Waals surface area contributed by atoms with Crippen molar-refractivity contribution in [3.05, 3.63) is 64.6 Å². The lowest BCUT2D eigenvalue weighted by molar-refractivity contribution is -0.136. The third kappa shape index (κ3) is 3.91. The first-order chi connectivity index (χ1) is 15.5. The SMILES string of the molecule is Cc1ccc(N2CC(C(=O)N3CCc4nc(NC(=O)c5ccoc5)sc4C3)CC2=O)cc1. The molecule has 32 heavy (non-hydrogen) atoms. The normalized spacial score (nSPS) is 18.0. The summed E-state index contributed by atoms with van der Waals surface area (Å²) in [5.41, 5.74) is 3.30. The highest BCUT2D eigenvalue weighted by molar-refractivity contribution is 7.15. The average molecular weight is 451 g/mol. The molecule has 1 aromatic carbocycles. The second-order valence-electron chi connectivity index (χ2n) is 8.11. The maximum atomic E-state index is 13.2. The Balaban J connectivity index is 1.24. The van der Waals surface area contributed by atoms with E-state index in [2.05, 4.69) is 10.3 Å². The van der Waals surface area contributed by atoms with E-state index in [1.807, 2.05) is 31.2 Å². The molecule has 4 heterocycles. The number of aryl methyl sites for hydroxylation is 1. The lowest BCUT2D eigenvalue weighted by Gasteiger charge is -2.28. The number of carbonyl (C=O) groups is 3. The van der Waals surface area contributed by atoms with E-state index < -0.39 is 0 Å². The summed E-state index contributed by atoms with van der Waals surface area (Å²) in [4.78, 5) is 47.0. The van der Waals surface area contributed by atoms with E-state index in [-0.39, 0.29) is 30.1 Å². The minimum absolute atomic E-state index is 0.00371. The molecule has 1 saturated heterocycles. The van der Waals surface area contributed by atoms with E-state index in [4.69, 9.17) is 4.42 Å². The lowest BCUT2D eigenvalue weighted by Crippen LogP contribution is -2.40. The van der Waals surface area contributed by atoms with Crippen LogP contribution in [0.5, 0.6) is 0 Å². The van der Waals surface area contributed by atoms with Crippen molar-refractivity contribution >= 4 is 39.9 Å². The smallest absolute Gasteiger partial charge is 0.260 e. The number of benzene rings is 1. The van der Waals surface area contributed by atoms with Crippen molar-refractivity contribution in [3.63, 3.8) is 0 Å². The molecule has 1 atom stereocenters. The molecule has 8 nitrogen and oxygen atoms in total. The number of carbonyl (C=O) groups excluding carboxylic acids is 3. The number of nitrogens with zero attached hydrogens (tertiary/aromatic N) is 3. The predicted octanol–water partition coefficient (Wildman–Crippen LogP) is 3.23. The van der Waals surface area contributed by atoms with Gasteiger partial charge >= 0.3 is 0 Å². The Morgan fingerprint density at radius 1 is 1.22 bits per heavy atom. The molecule has 1 fully saturated rings. The highest BCUT2D eigenvalue weighted by atomic mass is 32.1. The zero-order chi connectivity index (χ0) is 22.2. The van der Waals surface area contributed by atoms with Crippen LogP contribution >= 0.6 is 11.3 Å². The van der Waals surface area contributed by atoms with Crippen molar-refractivity contribution in [1.29, 1.82) is 0 Å². The van der Waals surface area contributed by atoms with E-state index in [1.165, 1.54) is 23.9 Å². The molecule has 0 bridgehead atoms. The van der Waals surface area contributed by atoms with Crippen LogP contribution in [0.1, 0.15) is 32.9 Å². The largest absolute Gasteiger partial charge is 0.472 e. The molecule has 9 heteroatoms. The van der Waals surface area contributed by atoms with Crippen LogP contribution in [-0.4, -0.2) is 40.7 Å². The Bertz CT molecular complexity index is 1170. The minimum atomic E-state index is -0.349. The number of anilines is 2. The number of aromatic nitrogens is 1. The van der Waals surface area contributed by atoms with Crippen LogP contribution in [0.15, 0.2) is 47.3 Å². The first kappa shape index (κ1) is 20.4. The number of rotatable bonds is 4. The van der Waals surface area contributed by atoms with Crippen LogP contribution in [-0.2, 0) is 22.6 Å². The van der Waals surface area contributed by atoms with E-state index in [1.54, 1.807) is 15.9 Å². The Labute approximate surface area is 188 Å². The van der Waals surface area contributed by atoms with Gasteiger partial charge in [0.25, 0.3) is 5.91 Å². The van der Waals surface area contributed by atoms with Crippen molar-refractivity contribution in [1.82, 2.24) is 9.88 Å². The van der Waals surface area contributed by atoms with Crippen LogP contribution < -0.4 is 10.2 Å². The molecule has 0 spiro atoms. The third-order valence-electron chi connectivity index (χ3n) is 5.87. The summed E-state index contributed by atoms with van der Waals surface area (Å²) in [7, 11) is 0. The first-order valence-corrected chi connectivity index (χ1v) is 11.3. The second-order valence-corrected chi connectivity index (χ2v) is 9.19. The Morgan fingerprint density at radius 3 is 2.78 bits per heavy atom. The van der Waals surface area contributed by atoms with Gasteiger partial charge in [-0.1, -0.05) is 29.0 Å². The Morgan fingerprint density at radius 2 is 2.03 bits per heavy atom. The van der Waals surface area contributed by atoms with Gasteiger partial charge in [0.15, 0.2) is 5.13 Å². The zero-order valence-corrected chi connectivity index (χ0v) is 18.4. The van der Waals surface area contributed by atoms with Crippen molar-refractivity contribution in [2.75, 3.05) is 23.3 Å². The fourth-order valence-corrected chi connectivity index (χ4v) is 5.12. The molecule has 2 aromatic heterocycles. The van der Waals surface area contributed by atoms with E-state index in [9.17, 15) is 14.4 Å². The minimum Gasteiger partial charge on any atom is -0.472 e. The molecule has 0 aliphatic carbocycles. The monoisotopic (exact) mass is 450 g/mol. The van der Waals surface area contributed by atoms with Gasteiger partial charge in [-0.05, 0) is 25.1 Å². The molecule has 3 aromatic rings. The van der Waals surface area contributed by atoms with Gasteiger partial charge in [0.2, 0.25) is 11.8 Å².